The molecule has 1 aliphatic heterocycles. The Morgan fingerprint density at radius 1 is 0.925 bits per heavy atom. The average Bonchev–Trinajstić information content (AvgIpc) is 3.71. The zero-order chi connectivity index (χ0) is 28.5. The van der Waals surface area contributed by atoms with E-state index >= 15 is 0 Å². The molecule has 0 aromatic carbocycles. The van der Waals surface area contributed by atoms with Crippen molar-refractivity contribution in [1.29, 1.82) is 5.26 Å². The molecule has 0 unspecified atom stereocenters. The smallest absolute Gasteiger partial charge is 0.287 e. The van der Waals surface area contributed by atoms with Crippen molar-refractivity contribution < 1.29 is 9.47 Å². The number of nitrogens with zero attached hydrogens (tertiary/aromatic N) is 6. The predicted molar refractivity (Wildman–Crippen MR) is 167 cm³/mol. The van der Waals surface area contributed by atoms with Crippen molar-refractivity contribution in [2.24, 2.45) is 0 Å². The SMILES string of the molecule is BrCCOCCBr.N#CCc1nc(-c2ccncc2)cs1.[C-]#[N+]C1(c2nc(-c3ccncc3)cs2)CCOCC1. The molecule has 0 aliphatic carbocycles. The molecule has 8 nitrogen and oxygen atoms in total. The van der Waals surface area contributed by atoms with Gasteiger partial charge in [0.25, 0.3) is 5.54 Å². The first-order chi connectivity index (χ1) is 19.7. The second kappa shape index (κ2) is 18.0. The third-order valence-corrected chi connectivity index (χ3v) is 8.15. The number of alkyl halides is 2. The lowest BCUT2D eigenvalue weighted by molar-refractivity contribution is 0.0646. The molecule has 1 fully saturated rings. The van der Waals surface area contributed by atoms with Crippen LogP contribution in [0, 0.1) is 17.9 Å². The third kappa shape index (κ3) is 9.81. The summed E-state index contributed by atoms with van der Waals surface area (Å²) in [5.74, 6) is 0. The van der Waals surface area contributed by atoms with Gasteiger partial charge in [-0.2, -0.15) is 5.26 Å². The normalized spacial score (nSPS) is 13.5. The van der Waals surface area contributed by atoms with Gasteiger partial charge in [-0.25, -0.2) is 16.5 Å². The molecule has 0 saturated carbocycles. The lowest BCUT2D eigenvalue weighted by atomic mass is 9.92. The molecule has 5 rings (SSSR count). The fourth-order valence-corrected chi connectivity index (χ4v) is 5.78. The quantitative estimate of drug-likeness (QED) is 0.109. The summed E-state index contributed by atoms with van der Waals surface area (Å²) in [6.07, 6.45) is 8.84. The zero-order valence-electron chi connectivity index (χ0n) is 21.7. The highest BCUT2D eigenvalue weighted by molar-refractivity contribution is 9.09. The summed E-state index contributed by atoms with van der Waals surface area (Å²) < 4.78 is 10.4. The van der Waals surface area contributed by atoms with Crippen molar-refractivity contribution in [3.63, 3.8) is 0 Å². The maximum atomic E-state index is 8.51. The number of ether oxygens (including phenoxy) is 2. The van der Waals surface area contributed by atoms with Crippen LogP contribution in [-0.2, 0) is 21.4 Å². The molecule has 1 saturated heterocycles. The molecule has 0 radical (unpaired) electrons. The number of nitriles is 1. The molecule has 0 spiro atoms. The zero-order valence-corrected chi connectivity index (χ0v) is 26.5. The Bertz CT molecular complexity index is 1350. The van der Waals surface area contributed by atoms with Crippen molar-refractivity contribution in [1.82, 2.24) is 19.9 Å². The molecule has 208 valence electrons. The van der Waals surface area contributed by atoms with E-state index in [2.05, 4.69) is 62.7 Å². The summed E-state index contributed by atoms with van der Waals surface area (Å²) in [7, 11) is 0. The van der Waals surface area contributed by atoms with Crippen LogP contribution >= 0.6 is 54.5 Å². The maximum absolute atomic E-state index is 8.51. The lowest BCUT2D eigenvalue weighted by Crippen LogP contribution is -2.30. The van der Waals surface area contributed by atoms with Gasteiger partial charge in [0.15, 0.2) is 5.01 Å². The van der Waals surface area contributed by atoms with E-state index in [0.29, 0.717) is 19.6 Å². The van der Waals surface area contributed by atoms with Gasteiger partial charge < -0.3 is 14.3 Å². The van der Waals surface area contributed by atoms with Gasteiger partial charge in [-0.05, 0) is 24.3 Å². The van der Waals surface area contributed by atoms with Crippen LogP contribution in [0.3, 0.4) is 0 Å². The predicted octanol–water partition coefficient (Wildman–Crippen LogP) is 7.19. The summed E-state index contributed by atoms with van der Waals surface area (Å²) >= 11 is 9.57. The van der Waals surface area contributed by atoms with Gasteiger partial charge in [0.2, 0.25) is 0 Å². The van der Waals surface area contributed by atoms with E-state index in [1.165, 1.54) is 11.3 Å². The highest BCUT2D eigenvalue weighted by Crippen LogP contribution is 2.39. The monoisotopic (exact) mass is 702 g/mol. The minimum absolute atomic E-state index is 0.385. The minimum atomic E-state index is -0.478. The molecular formula is C28H28Br2N6O2S2. The van der Waals surface area contributed by atoms with Crippen molar-refractivity contribution in [3.05, 3.63) is 81.2 Å². The van der Waals surface area contributed by atoms with E-state index in [-0.39, 0.29) is 0 Å². The molecule has 0 bridgehead atoms. The Morgan fingerprint density at radius 3 is 2.00 bits per heavy atom. The minimum Gasteiger partial charge on any atom is -0.381 e. The Morgan fingerprint density at radius 2 is 1.48 bits per heavy atom. The lowest BCUT2D eigenvalue weighted by Gasteiger charge is -2.24. The van der Waals surface area contributed by atoms with Crippen LogP contribution < -0.4 is 0 Å². The fraction of sp³-hybridized carbons (Fsp3) is 0.357. The topological polar surface area (TPSA) is 98.2 Å². The van der Waals surface area contributed by atoms with Gasteiger partial charge in [0.05, 0.1) is 63.1 Å². The van der Waals surface area contributed by atoms with Crippen molar-refractivity contribution in [3.8, 4) is 28.6 Å². The molecule has 40 heavy (non-hydrogen) atoms. The first-order valence-electron chi connectivity index (χ1n) is 12.4. The van der Waals surface area contributed by atoms with Crippen LogP contribution in [0.2, 0.25) is 0 Å². The Hall–Kier alpha value is -2.58. The van der Waals surface area contributed by atoms with E-state index in [1.807, 2.05) is 35.0 Å². The molecule has 4 aromatic rings. The highest BCUT2D eigenvalue weighted by atomic mass is 79.9. The van der Waals surface area contributed by atoms with Crippen LogP contribution in [0.1, 0.15) is 22.9 Å². The highest BCUT2D eigenvalue weighted by Gasteiger charge is 2.43. The molecule has 1 aliphatic rings. The molecular weight excluding hydrogens is 676 g/mol. The van der Waals surface area contributed by atoms with Gasteiger partial charge in [-0.1, -0.05) is 31.9 Å². The first-order valence-corrected chi connectivity index (χ1v) is 16.4. The van der Waals surface area contributed by atoms with Gasteiger partial charge in [-0.3, -0.25) is 9.97 Å². The second-order valence-corrected chi connectivity index (χ2v) is 11.6. The maximum Gasteiger partial charge on any atom is 0.287 e. The van der Waals surface area contributed by atoms with Crippen LogP contribution in [-0.4, -0.2) is 57.0 Å². The number of hydrogen-bond donors (Lipinski definition) is 0. The van der Waals surface area contributed by atoms with Gasteiger partial charge in [0.1, 0.15) is 5.01 Å². The van der Waals surface area contributed by atoms with E-state index in [9.17, 15) is 0 Å². The molecule has 5 heterocycles. The molecule has 12 heteroatoms. The second-order valence-electron chi connectivity index (χ2n) is 8.22. The average molecular weight is 705 g/mol. The molecule has 0 atom stereocenters. The summed E-state index contributed by atoms with van der Waals surface area (Å²) in [6, 6.07) is 9.78. The number of hydrogen-bond acceptors (Lipinski definition) is 9. The first kappa shape index (κ1) is 31.9. The summed E-state index contributed by atoms with van der Waals surface area (Å²) in [5, 5.41) is 16.1. The summed E-state index contributed by atoms with van der Waals surface area (Å²) in [5.41, 5.74) is 3.46. The molecule has 0 amide bonds. The number of rotatable bonds is 8. The largest absolute Gasteiger partial charge is 0.381 e. The Kier molecular flexibility index (Phi) is 14.4. The van der Waals surface area contributed by atoms with E-state index in [4.69, 9.17) is 21.3 Å². The van der Waals surface area contributed by atoms with Crippen LogP contribution in [0.15, 0.2) is 59.8 Å². The standard InChI is InChI=1S/C14H13N3OS.C10H7N3S.C4H8Br2O/c1-15-14(4-8-18-9-5-14)13-17-12(10-19-13)11-2-6-16-7-3-11;11-4-1-10-13-9(7-14-10)8-2-5-12-6-3-8;5-1-3-7-4-2-6/h2-3,6-7,10H,4-5,8-9H2;2-3,5-7H,1H2;1-4H2. The van der Waals surface area contributed by atoms with Crippen molar-refractivity contribution >= 4 is 54.5 Å². The Labute approximate surface area is 259 Å². The van der Waals surface area contributed by atoms with Gasteiger partial charge >= 0.3 is 0 Å². The molecule has 0 N–H and O–H groups in total. The van der Waals surface area contributed by atoms with Crippen molar-refractivity contribution in [2.45, 2.75) is 24.8 Å². The van der Waals surface area contributed by atoms with Crippen LogP contribution in [0.4, 0.5) is 0 Å². The number of aromatic nitrogens is 4. The van der Waals surface area contributed by atoms with E-state index < -0.39 is 5.54 Å². The van der Waals surface area contributed by atoms with Gasteiger partial charge in [0, 0.05) is 57.3 Å². The van der Waals surface area contributed by atoms with Gasteiger partial charge in [-0.15, -0.1) is 22.7 Å². The summed E-state index contributed by atoms with van der Waals surface area (Å²) in [4.78, 5) is 20.8. The van der Waals surface area contributed by atoms with Crippen molar-refractivity contribution in [2.75, 3.05) is 37.1 Å². The fourth-order valence-electron chi connectivity index (χ4n) is 3.55. The third-order valence-electron chi connectivity index (χ3n) is 5.61. The summed E-state index contributed by atoms with van der Waals surface area (Å²) in [6.45, 7) is 10.4. The van der Waals surface area contributed by atoms with E-state index in [0.717, 1.165) is 69.2 Å². The van der Waals surface area contributed by atoms with Crippen LogP contribution in [0.5, 0.6) is 0 Å². The number of halogens is 2. The number of thiazole rings is 2. The Balaban J connectivity index is 0.000000185. The number of pyridine rings is 2. The van der Waals surface area contributed by atoms with Crippen LogP contribution in [0.25, 0.3) is 27.4 Å². The van der Waals surface area contributed by atoms with E-state index in [1.54, 1.807) is 36.1 Å². The molecule has 4 aromatic heterocycles.